The standard InChI is InChI=1S/C9H18.CHNO/c1-8(2)9-6-4-3-5-7-9;2-1-3/h8-9H,3-7H2,1-2H3;2H. The smallest absolute Gasteiger partial charge is 0.222 e. The largest absolute Gasteiger partial charge is 0.231 e. The monoisotopic (exact) mass is 169 g/mol. The topological polar surface area (TPSA) is 40.9 Å². The van der Waals surface area contributed by atoms with Crippen molar-refractivity contribution in [1.82, 2.24) is 0 Å². The van der Waals surface area contributed by atoms with Crippen LogP contribution in [0.25, 0.3) is 0 Å². The predicted octanol–water partition coefficient (Wildman–Crippen LogP) is 3.12. The summed E-state index contributed by atoms with van der Waals surface area (Å²) in [5.74, 6) is 1.99. The molecular weight excluding hydrogens is 150 g/mol. The van der Waals surface area contributed by atoms with Crippen LogP contribution in [0, 0.1) is 17.2 Å². The molecule has 0 aromatic carbocycles. The Hall–Kier alpha value is -0.620. The Morgan fingerprint density at radius 3 is 1.92 bits per heavy atom. The molecule has 0 bridgehead atoms. The highest BCUT2D eigenvalue weighted by Crippen LogP contribution is 2.29. The summed E-state index contributed by atoms with van der Waals surface area (Å²) in [6, 6.07) is 0. The van der Waals surface area contributed by atoms with Crippen LogP contribution in [0.2, 0.25) is 0 Å². The first-order chi connectivity index (χ1) is 5.72. The molecule has 1 N–H and O–H groups in total. The fraction of sp³-hybridized carbons (Fsp3) is 0.900. The van der Waals surface area contributed by atoms with Gasteiger partial charge >= 0.3 is 0 Å². The van der Waals surface area contributed by atoms with Crippen LogP contribution in [-0.4, -0.2) is 6.08 Å². The average molecular weight is 169 g/mol. The number of nitrogens with one attached hydrogen (secondary N) is 1. The number of rotatable bonds is 1. The van der Waals surface area contributed by atoms with Crippen molar-refractivity contribution in [1.29, 1.82) is 5.41 Å². The summed E-state index contributed by atoms with van der Waals surface area (Å²) < 4.78 is 0. The van der Waals surface area contributed by atoms with E-state index >= 15 is 0 Å². The van der Waals surface area contributed by atoms with Gasteiger partial charge in [0, 0.05) is 0 Å². The Balaban J connectivity index is 0.000000354. The molecule has 0 amide bonds. The quantitative estimate of drug-likeness (QED) is 0.475. The molecule has 1 rings (SSSR count). The molecule has 2 heteroatoms. The van der Waals surface area contributed by atoms with Crippen molar-refractivity contribution < 1.29 is 4.79 Å². The lowest BCUT2D eigenvalue weighted by atomic mass is 9.82. The van der Waals surface area contributed by atoms with Crippen LogP contribution >= 0.6 is 0 Å². The van der Waals surface area contributed by atoms with Gasteiger partial charge in [0.05, 0.1) is 0 Å². The van der Waals surface area contributed by atoms with E-state index < -0.39 is 0 Å². The summed E-state index contributed by atoms with van der Waals surface area (Å²) in [6.07, 6.45) is 8.21. The normalized spacial score (nSPS) is 17.9. The minimum Gasteiger partial charge on any atom is -0.222 e. The van der Waals surface area contributed by atoms with Crippen molar-refractivity contribution in [2.24, 2.45) is 11.8 Å². The molecule has 0 atom stereocenters. The first kappa shape index (κ1) is 11.4. The number of hydrogen-bond donors (Lipinski definition) is 1. The van der Waals surface area contributed by atoms with Crippen molar-refractivity contribution >= 4 is 6.08 Å². The van der Waals surface area contributed by atoms with Crippen molar-refractivity contribution in [3.8, 4) is 0 Å². The third kappa shape index (κ3) is 5.09. The molecule has 0 aromatic heterocycles. The highest BCUT2D eigenvalue weighted by atomic mass is 16.1. The van der Waals surface area contributed by atoms with E-state index in [9.17, 15) is 0 Å². The van der Waals surface area contributed by atoms with Crippen LogP contribution in [-0.2, 0) is 4.79 Å². The number of isocyanates is 1. The molecule has 1 fully saturated rings. The van der Waals surface area contributed by atoms with Gasteiger partial charge in [0.2, 0.25) is 6.08 Å². The summed E-state index contributed by atoms with van der Waals surface area (Å²) in [5.41, 5.74) is 0. The van der Waals surface area contributed by atoms with Gasteiger partial charge in [-0.15, -0.1) is 0 Å². The first-order valence-electron chi connectivity index (χ1n) is 4.76. The minimum atomic E-state index is 0.750. The van der Waals surface area contributed by atoms with E-state index in [1.165, 1.54) is 32.1 Å². The van der Waals surface area contributed by atoms with Crippen LogP contribution in [0.1, 0.15) is 46.0 Å². The Morgan fingerprint density at radius 2 is 1.67 bits per heavy atom. The van der Waals surface area contributed by atoms with Gasteiger partial charge in [-0.25, -0.2) is 10.2 Å². The lowest BCUT2D eigenvalue weighted by molar-refractivity contribution is 0.279. The van der Waals surface area contributed by atoms with Crippen molar-refractivity contribution in [3.63, 3.8) is 0 Å². The van der Waals surface area contributed by atoms with Gasteiger partial charge in [0.1, 0.15) is 0 Å². The molecular formula is C10H19NO. The van der Waals surface area contributed by atoms with Gasteiger partial charge in [-0.3, -0.25) is 0 Å². The third-order valence-electron chi connectivity index (χ3n) is 2.59. The van der Waals surface area contributed by atoms with Gasteiger partial charge in [-0.1, -0.05) is 46.0 Å². The van der Waals surface area contributed by atoms with Crippen LogP contribution < -0.4 is 0 Å². The lowest BCUT2D eigenvalue weighted by Crippen LogP contribution is -2.12. The molecule has 0 heterocycles. The maximum atomic E-state index is 8.35. The van der Waals surface area contributed by atoms with Gasteiger partial charge in [0.15, 0.2) is 0 Å². The van der Waals surface area contributed by atoms with Gasteiger partial charge in [0.25, 0.3) is 0 Å². The van der Waals surface area contributed by atoms with Crippen molar-refractivity contribution in [3.05, 3.63) is 0 Å². The van der Waals surface area contributed by atoms with Crippen molar-refractivity contribution in [2.75, 3.05) is 0 Å². The van der Waals surface area contributed by atoms with E-state index in [1.807, 2.05) is 0 Å². The fourth-order valence-corrected chi connectivity index (χ4v) is 1.80. The first-order valence-corrected chi connectivity index (χ1v) is 4.76. The second kappa shape index (κ2) is 7.05. The van der Waals surface area contributed by atoms with Gasteiger partial charge in [-0.2, -0.15) is 0 Å². The Labute approximate surface area is 74.9 Å². The highest BCUT2D eigenvalue weighted by Gasteiger charge is 2.15. The zero-order valence-corrected chi connectivity index (χ0v) is 8.10. The molecule has 0 radical (unpaired) electrons. The lowest BCUT2D eigenvalue weighted by Gasteiger charge is -2.24. The summed E-state index contributed by atoms with van der Waals surface area (Å²) in [5, 5.41) is 5.40. The zero-order valence-electron chi connectivity index (χ0n) is 8.10. The van der Waals surface area contributed by atoms with Crippen molar-refractivity contribution in [2.45, 2.75) is 46.0 Å². The Bertz CT molecular complexity index is 131. The summed E-state index contributed by atoms with van der Waals surface area (Å²) >= 11 is 0. The SMILES string of the molecule is CC(C)C1CCCCC1.N=C=O. The maximum Gasteiger partial charge on any atom is 0.231 e. The molecule has 70 valence electrons. The molecule has 0 saturated heterocycles. The molecule has 1 aliphatic carbocycles. The second-order valence-corrected chi connectivity index (χ2v) is 3.74. The highest BCUT2D eigenvalue weighted by molar-refractivity contribution is 5.26. The molecule has 0 aliphatic heterocycles. The Morgan fingerprint density at radius 1 is 1.25 bits per heavy atom. The van der Waals surface area contributed by atoms with Crippen LogP contribution in [0.15, 0.2) is 0 Å². The molecule has 0 aromatic rings. The zero-order chi connectivity index (χ0) is 9.40. The molecule has 0 unspecified atom stereocenters. The van der Waals surface area contributed by atoms with Crippen LogP contribution in [0.5, 0.6) is 0 Å². The van der Waals surface area contributed by atoms with Crippen LogP contribution in [0.4, 0.5) is 0 Å². The van der Waals surface area contributed by atoms with E-state index in [2.05, 4.69) is 13.8 Å². The number of carbonyl (C=O) groups excluding carboxylic acids is 1. The van der Waals surface area contributed by atoms with E-state index in [0.29, 0.717) is 0 Å². The van der Waals surface area contributed by atoms with E-state index in [4.69, 9.17) is 10.2 Å². The molecule has 0 spiro atoms. The van der Waals surface area contributed by atoms with Crippen LogP contribution in [0.3, 0.4) is 0 Å². The van der Waals surface area contributed by atoms with E-state index in [-0.39, 0.29) is 0 Å². The van der Waals surface area contributed by atoms with E-state index in [1.54, 1.807) is 0 Å². The second-order valence-electron chi connectivity index (χ2n) is 3.74. The van der Waals surface area contributed by atoms with Gasteiger partial charge < -0.3 is 0 Å². The predicted molar refractivity (Wildman–Crippen MR) is 49.8 cm³/mol. The summed E-state index contributed by atoms with van der Waals surface area (Å²) in [6.45, 7) is 4.71. The minimum absolute atomic E-state index is 0.750. The average Bonchev–Trinajstić information content (AvgIpc) is 2.07. The van der Waals surface area contributed by atoms with E-state index in [0.717, 1.165) is 17.9 Å². The number of hydrogen-bond acceptors (Lipinski definition) is 2. The third-order valence-corrected chi connectivity index (χ3v) is 2.59. The Kier molecular flexibility index (Phi) is 6.69. The molecule has 1 saturated carbocycles. The molecule has 2 nitrogen and oxygen atoms in total. The fourth-order valence-electron chi connectivity index (χ4n) is 1.80. The molecule has 1 aliphatic rings. The molecule has 12 heavy (non-hydrogen) atoms. The summed E-state index contributed by atoms with van der Waals surface area (Å²) in [7, 11) is 0. The summed E-state index contributed by atoms with van der Waals surface area (Å²) in [4.78, 5) is 8.35. The maximum absolute atomic E-state index is 8.35. The van der Waals surface area contributed by atoms with Gasteiger partial charge in [-0.05, 0) is 11.8 Å².